The molecule has 0 aromatic carbocycles. The van der Waals surface area contributed by atoms with E-state index in [1.54, 1.807) is 6.92 Å². The van der Waals surface area contributed by atoms with Crippen molar-refractivity contribution in [3.8, 4) is 0 Å². The summed E-state index contributed by atoms with van der Waals surface area (Å²) in [4.78, 5) is 23.1. The highest BCUT2D eigenvalue weighted by atomic mass is 16.2. The Morgan fingerprint density at radius 3 is 2.33 bits per heavy atom. The van der Waals surface area contributed by atoms with Gasteiger partial charge >= 0.3 is 0 Å². The molecule has 0 spiro atoms. The number of amides is 2. The molecule has 0 heterocycles. The molecule has 0 aliphatic heterocycles. The Balaban J connectivity index is 3.80. The predicted molar refractivity (Wildman–Crippen MR) is 73.3 cm³/mol. The van der Waals surface area contributed by atoms with Crippen molar-refractivity contribution in [3.63, 3.8) is 0 Å². The number of carbonyl (C=O) groups excluding carboxylic acids is 2. The average molecular weight is 257 g/mol. The molecular weight excluding hydrogens is 230 g/mol. The van der Waals surface area contributed by atoms with Crippen molar-refractivity contribution < 1.29 is 9.59 Å². The molecule has 2 amide bonds. The van der Waals surface area contributed by atoms with E-state index in [2.05, 4.69) is 22.9 Å². The van der Waals surface area contributed by atoms with Gasteiger partial charge in [-0.3, -0.25) is 14.9 Å². The standard InChI is InChI=1S/C13H27N3O2/c1-5-7-10(3)16-12(17)9-15-11(4)13(18)14-8-6-2/h10-11,15H,5-9H2,1-4H3,(H,14,18)(H,16,17). The van der Waals surface area contributed by atoms with Crippen LogP contribution < -0.4 is 16.0 Å². The lowest BCUT2D eigenvalue weighted by Gasteiger charge is -2.16. The Morgan fingerprint density at radius 2 is 1.78 bits per heavy atom. The molecule has 5 nitrogen and oxygen atoms in total. The zero-order chi connectivity index (χ0) is 14.0. The first kappa shape index (κ1) is 16.9. The van der Waals surface area contributed by atoms with Crippen LogP contribution in [0, 0.1) is 0 Å². The van der Waals surface area contributed by atoms with Gasteiger partial charge in [0.25, 0.3) is 0 Å². The molecule has 0 radical (unpaired) electrons. The summed E-state index contributed by atoms with van der Waals surface area (Å²) < 4.78 is 0. The first-order valence-corrected chi connectivity index (χ1v) is 6.81. The van der Waals surface area contributed by atoms with Gasteiger partial charge in [0, 0.05) is 12.6 Å². The molecule has 0 bridgehead atoms. The van der Waals surface area contributed by atoms with Crippen LogP contribution in [0.5, 0.6) is 0 Å². The number of rotatable bonds is 9. The molecule has 3 N–H and O–H groups in total. The van der Waals surface area contributed by atoms with Crippen molar-refractivity contribution in [2.24, 2.45) is 0 Å². The lowest BCUT2D eigenvalue weighted by molar-refractivity contribution is -0.123. The molecule has 0 aliphatic carbocycles. The zero-order valence-corrected chi connectivity index (χ0v) is 12.0. The predicted octanol–water partition coefficient (Wildman–Crippen LogP) is 0.796. The highest BCUT2D eigenvalue weighted by Crippen LogP contribution is 1.94. The molecular formula is C13H27N3O2. The third-order valence-corrected chi connectivity index (χ3v) is 2.64. The maximum atomic E-state index is 11.6. The van der Waals surface area contributed by atoms with Crippen molar-refractivity contribution >= 4 is 11.8 Å². The highest BCUT2D eigenvalue weighted by molar-refractivity contribution is 5.83. The summed E-state index contributed by atoms with van der Waals surface area (Å²) in [6.45, 7) is 8.67. The smallest absolute Gasteiger partial charge is 0.236 e. The normalized spacial score (nSPS) is 13.8. The van der Waals surface area contributed by atoms with Crippen LogP contribution in [0.25, 0.3) is 0 Å². The van der Waals surface area contributed by atoms with Crippen LogP contribution in [0.1, 0.15) is 47.0 Å². The number of carbonyl (C=O) groups is 2. The Kier molecular flexibility index (Phi) is 9.28. The fourth-order valence-electron chi connectivity index (χ4n) is 1.57. The summed E-state index contributed by atoms with van der Waals surface area (Å²) in [5, 5.41) is 8.58. The third kappa shape index (κ3) is 8.06. The fraction of sp³-hybridized carbons (Fsp3) is 0.846. The second-order valence-electron chi connectivity index (χ2n) is 4.65. The van der Waals surface area contributed by atoms with Gasteiger partial charge in [-0.15, -0.1) is 0 Å². The first-order chi connectivity index (χ1) is 8.51. The maximum Gasteiger partial charge on any atom is 0.236 e. The molecule has 2 unspecified atom stereocenters. The van der Waals surface area contributed by atoms with E-state index < -0.39 is 0 Å². The van der Waals surface area contributed by atoms with Crippen molar-refractivity contribution in [1.82, 2.24) is 16.0 Å². The van der Waals surface area contributed by atoms with Gasteiger partial charge in [-0.25, -0.2) is 0 Å². The molecule has 0 saturated carbocycles. The van der Waals surface area contributed by atoms with Crippen LogP contribution in [0.3, 0.4) is 0 Å². The van der Waals surface area contributed by atoms with Gasteiger partial charge in [-0.05, 0) is 26.7 Å². The highest BCUT2D eigenvalue weighted by Gasteiger charge is 2.13. The average Bonchev–Trinajstić information content (AvgIpc) is 2.33. The van der Waals surface area contributed by atoms with Crippen LogP contribution in [-0.2, 0) is 9.59 Å². The van der Waals surface area contributed by atoms with Crippen molar-refractivity contribution in [1.29, 1.82) is 0 Å². The van der Waals surface area contributed by atoms with E-state index >= 15 is 0 Å². The monoisotopic (exact) mass is 257 g/mol. The summed E-state index contributed by atoms with van der Waals surface area (Å²) in [6.07, 6.45) is 2.93. The van der Waals surface area contributed by atoms with Crippen LogP contribution >= 0.6 is 0 Å². The lowest BCUT2D eigenvalue weighted by atomic mass is 10.2. The van der Waals surface area contributed by atoms with Crippen LogP contribution in [0.2, 0.25) is 0 Å². The van der Waals surface area contributed by atoms with Crippen molar-refractivity contribution in [2.45, 2.75) is 59.0 Å². The molecule has 0 fully saturated rings. The summed E-state index contributed by atoms with van der Waals surface area (Å²) in [5.74, 6) is -0.127. The minimum atomic E-state index is -0.344. The summed E-state index contributed by atoms with van der Waals surface area (Å²) in [6, 6.07) is -0.155. The molecule has 18 heavy (non-hydrogen) atoms. The van der Waals surface area contributed by atoms with Crippen molar-refractivity contribution in [3.05, 3.63) is 0 Å². The van der Waals surface area contributed by atoms with Gasteiger partial charge in [0.1, 0.15) is 0 Å². The maximum absolute atomic E-state index is 11.6. The molecule has 0 rings (SSSR count). The quantitative estimate of drug-likeness (QED) is 0.572. The summed E-state index contributed by atoms with van der Waals surface area (Å²) in [7, 11) is 0. The van der Waals surface area contributed by atoms with Crippen LogP contribution in [-0.4, -0.2) is 37.0 Å². The first-order valence-electron chi connectivity index (χ1n) is 6.81. The Morgan fingerprint density at radius 1 is 1.11 bits per heavy atom. The van der Waals surface area contributed by atoms with E-state index in [4.69, 9.17) is 0 Å². The molecule has 106 valence electrons. The molecule has 2 atom stereocenters. The van der Waals surface area contributed by atoms with Crippen LogP contribution in [0.4, 0.5) is 0 Å². The number of hydrogen-bond acceptors (Lipinski definition) is 3. The van der Waals surface area contributed by atoms with E-state index in [0.29, 0.717) is 6.54 Å². The van der Waals surface area contributed by atoms with Crippen molar-refractivity contribution in [2.75, 3.05) is 13.1 Å². The zero-order valence-electron chi connectivity index (χ0n) is 12.0. The molecule has 0 aromatic heterocycles. The summed E-state index contributed by atoms with van der Waals surface area (Å²) in [5.41, 5.74) is 0. The minimum Gasteiger partial charge on any atom is -0.355 e. The molecule has 5 heteroatoms. The second kappa shape index (κ2) is 9.88. The number of nitrogens with one attached hydrogen (secondary N) is 3. The van der Waals surface area contributed by atoms with E-state index in [0.717, 1.165) is 19.3 Å². The fourth-order valence-corrected chi connectivity index (χ4v) is 1.57. The van der Waals surface area contributed by atoms with Gasteiger partial charge < -0.3 is 10.6 Å². The largest absolute Gasteiger partial charge is 0.355 e. The Bertz CT molecular complexity index is 257. The molecule has 0 saturated heterocycles. The van der Waals surface area contributed by atoms with E-state index in [9.17, 15) is 9.59 Å². The molecule has 0 aliphatic rings. The number of hydrogen-bond donors (Lipinski definition) is 3. The van der Waals surface area contributed by atoms with Gasteiger partial charge in [0.2, 0.25) is 11.8 Å². The minimum absolute atomic E-state index is 0.0637. The van der Waals surface area contributed by atoms with E-state index in [1.165, 1.54) is 0 Å². The summed E-state index contributed by atoms with van der Waals surface area (Å²) >= 11 is 0. The van der Waals surface area contributed by atoms with Gasteiger partial charge in [-0.1, -0.05) is 20.3 Å². The van der Waals surface area contributed by atoms with Gasteiger partial charge in [0.05, 0.1) is 12.6 Å². The van der Waals surface area contributed by atoms with E-state index in [-0.39, 0.29) is 30.4 Å². The van der Waals surface area contributed by atoms with Gasteiger partial charge in [0.15, 0.2) is 0 Å². The topological polar surface area (TPSA) is 70.2 Å². The lowest BCUT2D eigenvalue weighted by Crippen LogP contribution is -2.47. The Hall–Kier alpha value is -1.10. The molecule has 0 aromatic rings. The SMILES string of the molecule is CCCNC(=O)C(C)NCC(=O)NC(C)CCC. The van der Waals surface area contributed by atoms with Gasteiger partial charge in [-0.2, -0.15) is 0 Å². The third-order valence-electron chi connectivity index (χ3n) is 2.64. The second-order valence-corrected chi connectivity index (χ2v) is 4.65. The Labute approximate surface area is 110 Å². The van der Waals surface area contributed by atoms with Crippen LogP contribution in [0.15, 0.2) is 0 Å². The van der Waals surface area contributed by atoms with E-state index in [1.807, 2.05) is 13.8 Å².